The van der Waals surface area contributed by atoms with E-state index < -0.39 is 11.5 Å². The van der Waals surface area contributed by atoms with Crippen LogP contribution < -0.4 is 25.4 Å². The number of anilines is 1. The molecule has 1 amide bonds. The van der Waals surface area contributed by atoms with Crippen molar-refractivity contribution in [2.45, 2.75) is 13.5 Å². The number of nitrogens with one attached hydrogen (secondary N) is 3. The molecule has 2 heterocycles. The molecule has 0 aliphatic rings. The number of thiazole rings is 1. The molecule has 33 heavy (non-hydrogen) atoms. The molecule has 0 bridgehead atoms. The van der Waals surface area contributed by atoms with E-state index >= 15 is 0 Å². The Balaban J connectivity index is 1.89. The number of carbonyl (C=O) groups is 2. The van der Waals surface area contributed by atoms with Gasteiger partial charge in [0, 0.05) is 48.6 Å². The summed E-state index contributed by atoms with van der Waals surface area (Å²) in [6.45, 7) is 3.23. The van der Waals surface area contributed by atoms with Crippen LogP contribution in [0.1, 0.15) is 17.3 Å². The number of nitriles is 1. The van der Waals surface area contributed by atoms with Crippen LogP contribution in [0.25, 0.3) is 22.7 Å². The minimum absolute atomic E-state index is 0.107. The van der Waals surface area contributed by atoms with Gasteiger partial charge in [0.2, 0.25) is 0 Å². The number of fused-ring (bicyclic) bond motifs is 1. The van der Waals surface area contributed by atoms with Crippen LogP contribution in [0.15, 0.2) is 29.2 Å². The summed E-state index contributed by atoms with van der Waals surface area (Å²) in [5.41, 5.74) is 1.11. The number of aliphatic carboxylic acids is 1. The maximum atomic E-state index is 12.6. The lowest BCUT2D eigenvalue weighted by Gasteiger charge is -2.10. The first kappa shape index (κ1) is 23.8. The van der Waals surface area contributed by atoms with Crippen LogP contribution in [0.3, 0.4) is 0 Å². The van der Waals surface area contributed by atoms with Crippen LogP contribution in [0, 0.1) is 11.3 Å². The van der Waals surface area contributed by atoms with Crippen LogP contribution in [0.5, 0.6) is 0 Å². The number of hydrogen-bond donors (Lipinski definition) is 4. The lowest BCUT2D eigenvalue weighted by Crippen LogP contribution is -2.32. The number of aromatic amines is 1. The first-order valence-electron chi connectivity index (χ1n) is 10.1. The van der Waals surface area contributed by atoms with Crippen molar-refractivity contribution in [3.8, 4) is 6.07 Å². The molecule has 0 radical (unpaired) electrons. The third kappa shape index (κ3) is 5.14. The fourth-order valence-corrected chi connectivity index (χ4v) is 4.30. The van der Waals surface area contributed by atoms with Crippen LogP contribution >= 0.6 is 11.3 Å². The summed E-state index contributed by atoms with van der Waals surface area (Å²) < 4.78 is 1.64. The number of carboxylic acids is 1. The molecule has 0 aliphatic heterocycles. The van der Waals surface area contributed by atoms with Gasteiger partial charge >= 0.3 is 5.97 Å². The molecule has 10 nitrogen and oxygen atoms in total. The number of benzene rings is 1. The quantitative estimate of drug-likeness (QED) is 0.373. The van der Waals surface area contributed by atoms with E-state index in [1.807, 2.05) is 19.0 Å². The number of H-pyrrole nitrogens is 1. The van der Waals surface area contributed by atoms with E-state index in [0.29, 0.717) is 17.8 Å². The van der Waals surface area contributed by atoms with Gasteiger partial charge in [0.15, 0.2) is 5.57 Å². The lowest BCUT2D eigenvalue weighted by molar-refractivity contribution is -0.130. The van der Waals surface area contributed by atoms with Crippen molar-refractivity contribution < 1.29 is 14.7 Å². The Bertz CT molecular complexity index is 1420. The average Bonchev–Trinajstić information content (AvgIpc) is 3.32. The van der Waals surface area contributed by atoms with Gasteiger partial charge in [-0.15, -0.1) is 11.3 Å². The van der Waals surface area contributed by atoms with E-state index in [0.717, 1.165) is 28.8 Å². The second-order valence-electron chi connectivity index (χ2n) is 7.42. The first-order chi connectivity index (χ1) is 15.8. The fourth-order valence-electron chi connectivity index (χ4n) is 3.22. The molecule has 0 saturated heterocycles. The molecule has 0 atom stereocenters. The summed E-state index contributed by atoms with van der Waals surface area (Å²) >= 11 is 0.940. The largest absolute Gasteiger partial charge is 0.477 e. The topological polar surface area (TPSA) is 143 Å². The van der Waals surface area contributed by atoms with Crippen molar-refractivity contribution in [1.82, 2.24) is 19.8 Å². The summed E-state index contributed by atoms with van der Waals surface area (Å²) in [5, 5.41) is 25.1. The van der Waals surface area contributed by atoms with E-state index in [1.54, 1.807) is 37.4 Å². The number of likely N-dealkylation sites (N-methyl/N-ethyl adjacent to an activating group) is 1. The molecule has 0 aliphatic carbocycles. The van der Waals surface area contributed by atoms with Gasteiger partial charge in [-0.1, -0.05) is 0 Å². The molecule has 1 aromatic carbocycles. The molecule has 3 rings (SSSR count). The fraction of sp³-hybridized carbons (Fsp3) is 0.273. The standard InChI is InChI=1S/C22H24N6O4S/c1-4-28-20(30)18(33-21(28)15(10-23)22(31)32)12-25-13-5-6-14-16(11-26-17(14)9-13)19(29)24-7-8-27(2)3/h5-6,9,11-12,25-26H,4,7-8H2,1-3H3,(H,24,29)(H,31,32). The van der Waals surface area contributed by atoms with Gasteiger partial charge in [-0.25, -0.2) is 4.79 Å². The molecule has 4 N–H and O–H groups in total. The minimum atomic E-state index is -1.38. The molecule has 2 aromatic heterocycles. The number of carboxylic acid groups (broad SMARTS) is 1. The van der Waals surface area contributed by atoms with E-state index in [4.69, 9.17) is 5.26 Å². The maximum Gasteiger partial charge on any atom is 0.349 e. The Morgan fingerprint density at radius 3 is 2.76 bits per heavy atom. The number of carbonyl (C=O) groups excluding carboxylic acids is 1. The summed E-state index contributed by atoms with van der Waals surface area (Å²) in [5.74, 6) is -1.54. The predicted octanol–water partition coefficient (Wildman–Crippen LogP) is 0.311. The van der Waals surface area contributed by atoms with Crippen molar-refractivity contribution in [2.24, 2.45) is 0 Å². The Morgan fingerprint density at radius 1 is 1.36 bits per heavy atom. The zero-order valence-corrected chi connectivity index (χ0v) is 19.2. The monoisotopic (exact) mass is 468 g/mol. The van der Waals surface area contributed by atoms with E-state index in [1.165, 1.54) is 10.8 Å². The van der Waals surface area contributed by atoms with Crippen molar-refractivity contribution in [2.75, 3.05) is 32.5 Å². The van der Waals surface area contributed by atoms with Crippen LogP contribution in [0.2, 0.25) is 0 Å². The zero-order valence-electron chi connectivity index (χ0n) is 18.4. The van der Waals surface area contributed by atoms with Crippen LogP contribution in [0.4, 0.5) is 5.69 Å². The normalized spacial score (nSPS) is 12.6. The van der Waals surface area contributed by atoms with Gasteiger partial charge < -0.3 is 25.6 Å². The Labute approximate surface area is 193 Å². The molecule has 11 heteroatoms. The summed E-state index contributed by atoms with van der Waals surface area (Å²) in [6, 6.07) is 7.04. The first-order valence-corrected chi connectivity index (χ1v) is 11.0. The summed E-state index contributed by atoms with van der Waals surface area (Å²) in [6.07, 6.45) is 3.14. The summed E-state index contributed by atoms with van der Waals surface area (Å²) in [4.78, 5) is 41.5. The highest BCUT2D eigenvalue weighted by atomic mass is 32.1. The van der Waals surface area contributed by atoms with Gasteiger partial charge in [0.1, 0.15) is 15.3 Å². The molecule has 0 saturated carbocycles. The highest BCUT2D eigenvalue weighted by molar-refractivity contribution is 7.07. The van der Waals surface area contributed by atoms with Crippen molar-refractivity contribution in [3.05, 3.63) is 49.5 Å². The maximum absolute atomic E-state index is 12.6. The molecule has 0 unspecified atom stereocenters. The highest BCUT2D eigenvalue weighted by Crippen LogP contribution is 2.22. The van der Waals surface area contributed by atoms with E-state index in [9.17, 15) is 19.5 Å². The van der Waals surface area contributed by atoms with Gasteiger partial charge in [0.05, 0.1) is 5.56 Å². The van der Waals surface area contributed by atoms with E-state index in [2.05, 4.69) is 15.6 Å². The van der Waals surface area contributed by atoms with Gasteiger partial charge in [-0.2, -0.15) is 5.26 Å². The Kier molecular flexibility index (Phi) is 7.32. The third-order valence-electron chi connectivity index (χ3n) is 4.90. The van der Waals surface area contributed by atoms with Crippen molar-refractivity contribution >= 4 is 51.6 Å². The molecule has 3 aromatic rings. The number of nitrogens with zero attached hydrogens (tertiary/aromatic N) is 3. The summed E-state index contributed by atoms with van der Waals surface area (Å²) in [7, 11) is 3.87. The average molecular weight is 469 g/mol. The second-order valence-corrected chi connectivity index (χ2v) is 8.45. The van der Waals surface area contributed by atoms with E-state index in [-0.39, 0.29) is 27.2 Å². The number of hydrogen-bond acceptors (Lipinski definition) is 7. The van der Waals surface area contributed by atoms with Gasteiger partial charge in [0.25, 0.3) is 11.5 Å². The minimum Gasteiger partial charge on any atom is -0.477 e. The second kappa shape index (κ2) is 10.2. The van der Waals surface area contributed by atoms with Gasteiger partial charge in [-0.3, -0.25) is 14.2 Å². The van der Waals surface area contributed by atoms with Crippen LogP contribution in [-0.4, -0.2) is 58.6 Å². The number of amides is 1. The predicted molar refractivity (Wildman–Crippen MR) is 127 cm³/mol. The molecule has 172 valence electrons. The molecule has 0 spiro atoms. The molecule has 0 fully saturated rings. The lowest BCUT2D eigenvalue weighted by atomic mass is 10.1. The smallest absolute Gasteiger partial charge is 0.349 e. The molecular formula is C22H24N6O4S. The van der Waals surface area contributed by atoms with Gasteiger partial charge in [-0.05, 0) is 39.2 Å². The zero-order chi connectivity index (χ0) is 24.1. The molecular weight excluding hydrogens is 444 g/mol. The number of aromatic nitrogens is 2. The third-order valence-corrected chi connectivity index (χ3v) is 6.03. The van der Waals surface area contributed by atoms with Crippen molar-refractivity contribution in [3.63, 3.8) is 0 Å². The SMILES string of the molecule is CCn1c(=C(C#N)C(=O)O)sc(=CNc2ccc3c(C(=O)NCCN(C)C)c[nH]c3c2)c1=O. The van der Waals surface area contributed by atoms with Crippen LogP contribution in [-0.2, 0) is 11.3 Å². The van der Waals surface area contributed by atoms with Crippen molar-refractivity contribution in [1.29, 1.82) is 5.26 Å². The number of rotatable bonds is 8. The highest BCUT2D eigenvalue weighted by Gasteiger charge is 2.14. The Morgan fingerprint density at radius 2 is 2.12 bits per heavy atom. The Hall–Kier alpha value is -3.88.